The number of aryl methyl sites for hydroxylation is 2. The van der Waals surface area contributed by atoms with E-state index in [1.54, 1.807) is 23.1 Å². The molecule has 8 heteroatoms. The number of fused-ring (bicyclic) bond motifs is 1. The summed E-state index contributed by atoms with van der Waals surface area (Å²) in [6.45, 7) is 4.07. The van der Waals surface area contributed by atoms with Gasteiger partial charge in [0.2, 0.25) is 0 Å². The SMILES string of the molecule is Cc1sc2nc(CSCCC(N)C(=O)O)nc(N)c2c1C. The summed E-state index contributed by atoms with van der Waals surface area (Å²) in [5, 5.41) is 9.65. The lowest BCUT2D eigenvalue weighted by Crippen LogP contribution is -2.30. The molecule has 6 nitrogen and oxygen atoms in total. The second-order valence-corrected chi connectivity index (χ2v) is 7.08. The third-order valence-electron chi connectivity index (χ3n) is 3.22. The Balaban J connectivity index is 2.02. The number of nitrogen functional groups attached to an aromatic ring is 1. The summed E-state index contributed by atoms with van der Waals surface area (Å²) in [4.78, 5) is 21.6. The number of thioether (sulfide) groups is 1. The van der Waals surface area contributed by atoms with Crippen LogP contribution in [-0.2, 0) is 10.5 Å². The number of carbonyl (C=O) groups is 1. The Morgan fingerprint density at radius 3 is 2.81 bits per heavy atom. The Hall–Kier alpha value is -1.38. The van der Waals surface area contributed by atoms with E-state index in [9.17, 15) is 4.79 Å². The van der Waals surface area contributed by atoms with Gasteiger partial charge in [0.15, 0.2) is 0 Å². The lowest BCUT2D eigenvalue weighted by molar-refractivity contribution is -0.138. The first-order valence-corrected chi connectivity index (χ1v) is 8.45. The van der Waals surface area contributed by atoms with Crippen molar-refractivity contribution in [2.75, 3.05) is 11.5 Å². The molecule has 0 aliphatic heterocycles. The van der Waals surface area contributed by atoms with E-state index in [2.05, 4.69) is 9.97 Å². The average molecular weight is 326 g/mol. The van der Waals surface area contributed by atoms with E-state index in [1.165, 1.54) is 4.88 Å². The Morgan fingerprint density at radius 1 is 1.43 bits per heavy atom. The van der Waals surface area contributed by atoms with E-state index in [0.717, 1.165) is 15.8 Å². The first-order valence-electron chi connectivity index (χ1n) is 6.48. The van der Waals surface area contributed by atoms with Crippen LogP contribution in [0.5, 0.6) is 0 Å². The molecule has 1 unspecified atom stereocenters. The standard InChI is InChI=1S/C13H18N4O2S2/c1-6-7(2)21-12-10(6)11(15)16-9(17-12)5-20-4-3-8(14)13(18)19/h8H,3-5,14H2,1-2H3,(H,18,19)(H2,15,16,17). The second-order valence-electron chi connectivity index (χ2n) is 4.77. The fourth-order valence-corrected chi connectivity index (χ4v) is 3.82. The van der Waals surface area contributed by atoms with Crippen LogP contribution in [0.15, 0.2) is 0 Å². The Kier molecular flexibility index (Phi) is 5.02. The zero-order valence-corrected chi connectivity index (χ0v) is 13.6. The maximum Gasteiger partial charge on any atom is 0.320 e. The van der Waals surface area contributed by atoms with Gasteiger partial charge in [-0.15, -0.1) is 11.3 Å². The summed E-state index contributed by atoms with van der Waals surface area (Å²) in [7, 11) is 0. The normalized spacial score (nSPS) is 12.7. The molecule has 0 aromatic carbocycles. The van der Waals surface area contributed by atoms with Gasteiger partial charge in [0.25, 0.3) is 0 Å². The van der Waals surface area contributed by atoms with E-state index >= 15 is 0 Å². The number of nitrogens with two attached hydrogens (primary N) is 2. The maximum absolute atomic E-state index is 10.6. The summed E-state index contributed by atoms with van der Waals surface area (Å²) in [6.07, 6.45) is 0.426. The molecule has 0 saturated heterocycles. The number of hydrogen-bond acceptors (Lipinski definition) is 7. The van der Waals surface area contributed by atoms with Crippen LogP contribution in [0.1, 0.15) is 22.7 Å². The number of thiophene rings is 1. The van der Waals surface area contributed by atoms with Crippen molar-refractivity contribution in [3.05, 3.63) is 16.3 Å². The fourth-order valence-electron chi connectivity index (χ4n) is 1.89. The molecule has 0 radical (unpaired) electrons. The lowest BCUT2D eigenvalue weighted by atomic mass is 10.2. The van der Waals surface area contributed by atoms with Crippen molar-refractivity contribution < 1.29 is 9.90 Å². The van der Waals surface area contributed by atoms with Crippen LogP contribution in [-0.4, -0.2) is 32.8 Å². The predicted octanol–water partition coefficient (Wildman–Crippen LogP) is 1.93. The second kappa shape index (κ2) is 6.59. The molecule has 1 atom stereocenters. The Morgan fingerprint density at radius 2 is 2.14 bits per heavy atom. The topological polar surface area (TPSA) is 115 Å². The van der Waals surface area contributed by atoms with Crippen LogP contribution < -0.4 is 11.5 Å². The molecule has 0 fully saturated rings. The minimum atomic E-state index is -0.970. The van der Waals surface area contributed by atoms with Crippen LogP contribution in [0.4, 0.5) is 5.82 Å². The van der Waals surface area contributed by atoms with Gasteiger partial charge in [-0.2, -0.15) is 11.8 Å². The van der Waals surface area contributed by atoms with Crippen molar-refractivity contribution in [2.24, 2.45) is 5.73 Å². The van der Waals surface area contributed by atoms with Gasteiger partial charge in [-0.05, 0) is 31.6 Å². The van der Waals surface area contributed by atoms with Gasteiger partial charge >= 0.3 is 5.97 Å². The quantitative estimate of drug-likeness (QED) is 0.695. The molecule has 2 aromatic rings. The summed E-state index contributed by atoms with van der Waals surface area (Å²) < 4.78 is 0. The summed E-state index contributed by atoms with van der Waals surface area (Å²) in [5.41, 5.74) is 12.6. The van der Waals surface area contributed by atoms with Crippen molar-refractivity contribution in [1.82, 2.24) is 9.97 Å². The minimum absolute atomic E-state index is 0.426. The van der Waals surface area contributed by atoms with E-state index in [1.807, 2.05) is 13.8 Å². The molecule has 2 heterocycles. The fraction of sp³-hybridized carbons (Fsp3) is 0.462. The summed E-state index contributed by atoms with van der Waals surface area (Å²) >= 11 is 3.18. The third kappa shape index (κ3) is 3.63. The lowest BCUT2D eigenvalue weighted by Gasteiger charge is -2.06. The van der Waals surface area contributed by atoms with Gasteiger partial charge in [0.1, 0.15) is 22.5 Å². The summed E-state index contributed by atoms with van der Waals surface area (Å²) in [6, 6.07) is -0.812. The van der Waals surface area contributed by atoms with E-state index < -0.39 is 12.0 Å². The number of nitrogens with zero attached hydrogens (tertiary/aromatic N) is 2. The van der Waals surface area contributed by atoms with Crippen molar-refractivity contribution >= 4 is 45.1 Å². The van der Waals surface area contributed by atoms with Gasteiger partial charge in [0, 0.05) is 4.88 Å². The van der Waals surface area contributed by atoms with Crippen LogP contribution in [0.2, 0.25) is 0 Å². The molecule has 0 bridgehead atoms. The monoisotopic (exact) mass is 326 g/mol. The van der Waals surface area contributed by atoms with Gasteiger partial charge in [-0.25, -0.2) is 9.97 Å². The molecule has 0 amide bonds. The zero-order chi connectivity index (χ0) is 15.6. The Bertz CT molecular complexity index is 672. The first kappa shape index (κ1) is 16.0. The zero-order valence-electron chi connectivity index (χ0n) is 11.9. The molecule has 5 N–H and O–H groups in total. The van der Waals surface area contributed by atoms with Gasteiger partial charge < -0.3 is 16.6 Å². The molecule has 114 valence electrons. The van der Waals surface area contributed by atoms with Crippen LogP contribution in [0.25, 0.3) is 10.2 Å². The first-order chi connectivity index (χ1) is 9.90. The number of aromatic nitrogens is 2. The van der Waals surface area contributed by atoms with Gasteiger partial charge in [-0.3, -0.25) is 4.79 Å². The van der Waals surface area contributed by atoms with Crippen molar-refractivity contribution in [1.29, 1.82) is 0 Å². The number of hydrogen-bond donors (Lipinski definition) is 3. The average Bonchev–Trinajstić information content (AvgIpc) is 2.70. The molecule has 0 aliphatic carbocycles. The number of rotatable bonds is 6. The molecule has 0 spiro atoms. The number of carboxylic acids is 1. The molecule has 0 saturated carbocycles. The van der Waals surface area contributed by atoms with E-state index in [-0.39, 0.29) is 0 Å². The van der Waals surface area contributed by atoms with Crippen molar-refractivity contribution in [3.63, 3.8) is 0 Å². The number of aliphatic carboxylic acids is 1. The maximum atomic E-state index is 10.6. The van der Waals surface area contributed by atoms with Crippen LogP contribution in [0.3, 0.4) is 0 Å². The third-order valence-corrected chi connectivity index (χ3v) is 5.31. The molecule has 2 aromatic heterocycles. The molecule has 2 rings (SSSR count). The smallest absolute Gasteiger partial charge is 0.320 e. The van der Waals surface area contributed by atoms with Crippen LogP contribution >= 0.6 is 23.1 Å². The Labute approximate surface area is 131 Å². The highest BCUT2D eigenvalue weighted by molar-refractivity contribution is 7.98. The molecular formula is C13H18N4O2S2. The van der Waals surface area contributed by atoms with E-state index in [4.69, 9.17) is 16.6 Å². The van der Waals surface area contributed by atoms with Crippen LogP contribution in [0, 0.1) is 13.8 Å². The predicted molar refractivity (Wildman–Crippen MR) is 87.7 cm³/mol. The number of anilines is 1. The highest BCUT2D eigenvalue weighted by Gasteiger charge is 2.13. The highest BCUT2D eigenvalue weighted by atomic mass is 32.2. The number of carboxylic acid groups (broad SMARTS) is 1. The largest absolute Gasteiger partial charge is 0.480 e. The molecule has 21 heavy (non-hydrogen) atoms. The van der Waals surface area contributed by atoms with E-state index in [0.29, 0.717) is 29.6 Å². The summed E-state index contributed by atoms with van der Waals surface area (Å²) in [5.74, 6) is 1.47. The highest BCUT2D eigenvalue weighted by Crippen LogP contribution is 2.32. The van der Waals surface area contributed by atoms with Gasteiger partial charge in [-0.1, -0.05) is 0 Å². The molecule has 0 aliphatic rings. The van der Waals surface area contributed by atoms with Crippen molar-refractivity contribution in [3.8, 4) is 0 Å². The molecular weight excluding hydrogens is 308 g/mol. The van der Waals surface area contributed by atoms with Gasteiger partial charge in [0.05, 0.1) is 11.1 Å². The van der Waals surface area contributed by atoms with Crippen molar-refractivity contribution in [2.45, 2.75) is 32.1 Å². The minimum Gasteiger partial charge on any atom is -0.480 e.